The van der Waals surface area contributed by atoms with E-state index in [1.54, 1.807) is 27.4 Å². The van der Waals surface area contributed by atoms with E-state index in [2.05, 4.69) is 205 Å². The van der Waals surface area contributed by atoms with E-state index in [9.17, 15) is 0 Å². The first-order valence-electron chi connectivity index (χ1n) is 19.2. The normalized spacial score (nSPS) is 11.9. The summed E-state index contributed by atoms with van der Waals surface area (Å²) in [5, 5.41) is 5.36. The van der Waals surface area contributed by atoms with Gasteiger partial charge in [0.1, 0.15) is 0 Å². The number of hydrogen-bond acceptors (Lipinski definition) is 0. The summed E-state index contributed by atoms with van der Waals surface area (Å²) in [5.74, 6) is 0. The standard InChI is InChI=1S/C33H33.C15H14.C5H5.2ClH.Zr/c1-32(2,3)30-20-26-24(18-28(30)22-13-9-7-10-14-22)17-25-19-29(23-15-11-8-12-16-23)31(21-27(25)26)33(4,5)6;1-3-8-14(9-4-1)12-7-13-15-10-5-2-6-11-15;1-2-4-5-3-1;;;/h7-21H,1-6H3;1-6,8-11H,12-13H2;1-3H,4H2;2*1H;/q-1;;-1;;;+2. The Morgan fingerprint density at radius 2 is 0.929 bits per heavy atom. The Kier molecular flexibility index (Phi) is 16.3. The summed E-state index contributed by atoms with van der Waals surface area (Å²) >= 11 is 1.55. The van der Waals surface area contributed by atoms with Gasteiger partial charge in [0, 0.05) is 0 Å². The topological polar surface area (TPSA) is 0 Å². The fourth-order valence-corrected chi connectivity index (χ4v) is 8.15. The molecule has 0 bridgehead atoms. The Morgan fingerprint density at radius 1 is 0.554 bits per heavy atom. The van der Waals surface area contributed by atoms with E-state index in [4.69, 9.17) is 0 Å². The third-order valence-electron chi connectivity index (χ3n) is 9.87. The van der Waals surface area contributed by atoms with Crippen molar-refractivity contribution in [3.05, 3.63) is 198 Å². The van der Waals surface area contributed by atoms with Crippen molar-refractivity contribution >= 4 is 49.6 Å². The third-order valence-corrected chi connectivity index (χ3v) is 10.7. The van der Waals surface area contributed by atoms with E-state index in [0.717, 1.165) is 19.3 Å². The SMILES string of the molecule is CC(C)(C)c1cc2c(cc1-c1ccccc1)[cH-]c1cc(-c3ccccc3)c(C(C)(C)C)cc12.Cl.Cl.[C-]1=CC=CC1.[Zr+2]=[C](Cc1ccccc1)Cc1ccccc1. The number of benzene rings is 6. The average molecular weight is 853 g/mol. The van der Waals surface area contributed by atoms with Crippen LogP contribution in [0.25, 0.3) is 43.8 Å². The quantitative estimate of drug-likeness (QED) is 0.146. The second-order valence-electron chi connectivity index (χ2n) is 16.3. The molecule has 0 aromatic heterocycles. The molecule has 1 aliphatic rings. The molecule has 7 aromatic rings. The molecule has 0 nitrogen and oxygen atoms in total. The van der Waals surface area contributed by atoms with E-state index < -0.39 is 0 Å². The van der Waals surface area contributed by atoms with Gasteiger partial charge in [-0.15, -0.1) is 71.0 Å². The van der Waals surface area contributed by atoms with Gasteiger partial charge in [-0.2, -0.15) is 6.08 Å². The van der Waals surface area contributed by atoms with Crippen LogP contribution in [0.5, 0.6) is 0 Å². The summed E-state index contributed by atoms with van der Waals surface area (Å²) in [7, 11) is 0. The summed E-state index contributed by atoms with van der Waals surface area (Å²) in [5.41, 5.74) is 11.0. The van der Waals surface area contributed by atoms with Gasteiger partial charge in [-0.05, 0) is 44.2 Å². The molecular formula is C53H54Cl2Zr. The second-order valence-corrected chi connectivity index (χ2v) is 18.0. The van der Waals surface area contributed by atoms with Crippen LogP contribution in [-0.4, -0.2) is 3.21 Å². The fourth-order valence-electron chi connectivity index (χ4n) is 7.15. The van der Waals surface area contributed by atoms with Crippen LogP contribution in [0.15, 0.2) is 170 Å². The van der Waals surface area contributed by atoms with E-state index in [1.165, 1.54) is 66.1 Å². The van der Waals surface area contributed by atoms with E-state index >= 15 is 0 Å². The van der Waals surface area contributed by atoms with Crippen molar-refractivity contribution in [2.75, 3.05) is 0 Å². The maximum atomic E-state index is 2.99. The first-order chi connectivity index (χ1) is 26.0. The molecule has 56 heavy (non-hydrogen) atoms. The second kappa shape index (κ2) is 20.4. The Bertz CT molecular complexity index is 2190. The maximum absolute atomic E-state index is 2.99. The van der Waals surface area contributed by atoms with Gasteiger partial charge in [-0.3, -0.25) is 6.08 Å². The number of hydrogen-bond donors (Lipinski definition) is 0. The van der Waals surface area contributed by atoms with Gasteiger partial charge in [-0.25, -0.2) is 12.2 Å². The third kappa shape index (κ3) is 11.8. The zero-order valence-corrected chi connectivity index (χ0v) is 37.7. The molecule has 1 aliphatic carbocycles. The Labute approximate surface area is 363 Å². The molecule has 0 N–H and O–H groups in total. The molecule has 0 radical (unpaired) electrons. The van der Waals surface area contributed by atoms with Gasteiger partial charge in [0.25, 0.3) is 0 Å². The molecular weight excluding hydrogens is 799 g/mol. The molecule has 0 spiro atoms. The summed E-state index contributed by atoms with van der Waals surface area (Å²) < 4.78 is 1.60. The molecule has 0 unspecified atom stereocenters. The van der Waals surface area contributed by atoms with Crippen LogP contribution in [0.1, 0.15) is 70.2 Å². The van der Waals surface area contributed by atoms with Crippen molar-refractivity contribution in [2.45, 2.75) is 71.6 Å². The summed E-state index contributed by atoms with van der Waals surface area (Å²) in [6.07, 6.45) is 12.2. The zero-order chi connectivity index (χ0) is 38.1. The summed E-state index contributed by atoms with van der Waals surface area (Å²) in [6.45, 7) is 13.9. The first kappa shape index (κ1) is 44.7. The molecule has 8 rings (SSSR count). The Hall–Kier alpha value is -4.00. The Balaban J connectivity index is 0.000000252. The first-order valence-corrected chi connectivity index (χ1v) is 20.4. The number of fused-ring (bicyclic) bond motifs is 3. The molecule has 0 saturated heterocycles. The summed E-state index contributed by atoms with van der Waals surface area (Å²) in [4.78, 5) is 0. The molecule has 284 valence electrons. The minimum atomic E-state index is 0. The van der Waals surface area contributed by atoms with Crippen molar-refractivity contribution in [1.29, 1.82) is 0 Å². The molecule has 3 heteroatoms. The molecule has 0 fully saturated rings. The van der Waals surface area contributed by atoms with Crippen LogP contribution in [0.2, 0.25) is 0 Å². The van der Waals surface area contributed by atoms with Crippen molar-refractivity contribution in [3.8, 4) is 22.3 Å². The van der Waals surface area contributed by atoms with Crippen LogP contribution in [-0.2, 0) is 47.9 Å². The van der Waals surface area contributed by atoms with Gasteiger partial charge in [0.2, 0.25) is 0 Å². The summed E-state index contributed by atoms with van der Waals surface area (Å²) in [6, 6.07) is 55.1. The van der Waals surface area contributed by atoms with Crippen LogP contribution in [0, 0.1) is 6.08 Å². The predicted molar refractivity (Wildman–Crippen MR) is 247 cm³/mol. The minimum absolute atomic E-state index is 0. The van der Waals surface area contributed by atoms with Crippen molar-refractivity contribution in [3.63, 3.8) is 0 Å². The van der Waals surface area contributed by atoms with Gasteiger partial charge in [-0.1, -0.05) is 114 Å². The molecule has 0 amide bonds. The van der Waals surface area contributed by atoms with Gasteiger partial charge in [0.05, 0.1) is 0 Å². The van der Waals surface area contributed by atoms with Gasteiger partial charge >= 0.3 is 112 Å². The van der Waals surface area contributed by atoms with Crippen molar-refractivity contribution in [2.24, 2.45) is 0 Å². The van der Waals surface area contributed by atoms with Crippen molar-refractivity contribution in [1.82, 2.24) is 0 Å². The van der Waals surface area contributed by atoms with Crippen LogP contribution >= 0.6 is 24.8 Å². The van der Waals surface area contributed by atoms with Gasteiger partial charge in [0.15, 0.2) is 0 Å². The van der Waals surface area contributed by atoms with Crippen LogP contribution in [0.3, 0.4) is 0 Å². The average Bonchev–Trinajstić information content (AvgIpc) is 3.87. The molecule has 7 aromatic carbocycles. The van der Waals surface area contributed by atoms with E-state index in [-0.39, 0.29) is 35.6 Å². The van der Waals surface area contributed by atoms with E-state index in [0.29, 0.717) is 0 Å². The Morgan fingerprint density at radius 3 is 1.23 bits per heavy atom. The molecule has 0 atom stereocenters. The monoisotopic (exact) mass is 850 g/mol. The molecule has 0 saturated carbocycles. The predicted octanol–water partition coefficient (Wildman–Crippen LogP) is 15.0. The van der Waals surface area contributed by atoms with Crippen molar-refractivity contribution < 1.29 is 24.2 Å². The zero-order valence-electron chi connectivity index (χ0n) is 33.6. The number of halogens is 2. The molecule has 0 aliphatic heterocycles. The van der Waals surface area contributed by atoms with Crippen LogP contribution < -0.4 is 0 Å². The number of allylic oxidation sites excluding steroid dienone is 4. The molecule has 0 heterocycles. The van der Waals surface area contributed by atoms with Gasteiger partial charge < -0.3 is 0 Å². The van der Waals surface area contributed by atoms with Crippen LogP contribution in [0.4, 0.5) is 0 Å². The number of rotatable bonds is 6. The fraction of sp³-hybridized carbons (Fsp3) is 0.208. The van der Waals surface area contributed by atoms with E-state index in [1.807, 2.05) is 12.2 Å².